The Morgan fingerprint density at radius 3 is 3.10 bits per heavy atom. The smallest absolute Gasteiger partial charge is 0.186 e. The molecule has 2 heterocycles. The molecule has 5 heteroatoms. The molecule has 1 saturated heterocycles. The third-order valence-corrected chi connectivity index (χ3v) is 4.62. The Morgan fingerprint density at radius 1 is 1.33 bits per heavy atom. The quantitative estimate of drug-likeness (QED) is 0.941. The lowest BCUT2D eigenvalue weighted by Crippen LogP contribution is -2.27. The summed E-state index contributed by atoms with van der Waals surface area (Å²) in [7, 11) is 0. The number of hydrogen-bond donors (Lipinski definition) is 1. The fraction of sp³-hybridized carbons (Fsp3) is 0.562. The van der Waals surface area contributed by atoms with Crippen molar-refractivity contribution >= 4 is 26.7 Å². The van der Waals surface area contributed by atoms with Crippen molar-refractivity contribution in [1.29, 1.82) is 0 Å². The SMILES string of the molecule is CC(C)COc1ccc2nc(N3CCCNCC3)sc2c1. The number of thiazole rings is 1. The number of nitrogens with one attached hydrogen (secondary N) is 1. The summed E-state index contributed by atoms with van der Waals surface area (Å²) in [6, 6.07) is 6.22. The maximum atomic E-state index is 5.81. The molecule has 0 atom stereocenters. The van der Waals surface area contributed by atoms with Crippen molar-refractivity contribution in [3.05, 3.63) is 18.2 Å². The standard InChI is InChI=1S/C16H23N3OS/c1-12(2)11-20-13-4-5-14-15(10-13)21-16(18-14)19-8-3-6-17-7-9-19/h4-5,10,12,17H,3,6-9,11H2,1-2H3. The molecule has 1 aliphatic heterocycles. The Morgan fingerprint density at radius 2 is 2.24 bits per heavy atom. The third kappa shape index (κ3) is 3.66. The molecule has 0 spiro atoms. The van der Waals surface area contributed by atoms with Crippen LogP contribution in [0.5, 0.6) is 5.75 Å². The van der Waals surface area contributed by atoms with Gasteiger partial charge in [-0.3, -0.25) is 0 Å². The molecule has 1 fully saturated rings. The molecule has 0 unspecified atom stereocenters. The minimum atomic E-state index is 0.544. The van der Waals surface area contributed by atoms with E-state index in [2.05, 4.69) is 36.2 Å². The number of ether oxygens (including phenoxy) is 1. The Balaban J connectivity index is 1.78. The molecule has 1 N–H and O–H groups in total. The van der Waals surface area contributed by atoms with Gasteiger partial charge in [-0.05, 0) is 37.1 Å². The van der Waals surface area contributed by atoms with Crippen molar-refractivity contribution in [1.82, 2.24) is 10.3 Å². The zero-order chi connectivity index (χ0) is 14.7. The van der Waals surface area contributed by atoms with E-state index in [0.717, 1.165) is 49.2 Å². The number of rotatable bonds is 4. The summed E-state index contributed by atoms with van der Waals surface area (Å²) in [5.74, 6) is 1.49. The van der Waals surface area contributed by atoms with Gasteiger partial charge in [0.1, 0.15) is 5.75 Å². The van der Waals surface area contributed by atoms with Crippen LogP contribution in [0.25, 0.3) is 10.2 Å². The molecule has 0 radical (unpaired) electrons. The topological polar surface area (TPSA) is 37.4 Å². The molecule has 1 aliphatic rings. The molecular formula is C16H23N3OS. The average molecular weight is 305 g/mol. The van der Waals surface area contributed by atoms with Crippen LogP contribution in [-0.2, 0) is 0 Å². The molecule has 0 saturated carbocycles. The molecule has 21 heavy (non-hydrogen) atoms. The fourth-order valence-electron chi connectivity index (χ4n) is 2.42. The lowest BCUT2D eigenvalue weighted by molar-refractivity contribution is 0.271. The maximum Gasteiger partial charge on any atom is 0.186 e. The van der Waals surface area contributed by atoms with E-state index in [0.29, 0.717) is 5.92 Å². The van der Waals surface area contributed by atoms with Gasteiger partial charge in [0.05, 0.1) is 16.8 Å². The zero-order valence-corrected chi connectivity index (χ0v) is 13.6. The van der Waals surface area contributed by atoms with Gasteiger partial charge in [0.2, 0.25) is 0 Å². The number of benzene rings is 1. The van der Waals surface area contributed by atoms with Gasteiger partial charge in [0.25, 0.3) is 0 Å². The van der Waals surface area contributed by atoms with Gasteiger partial charge < -0.3 is 15.0 Å². The van der Waals surface area contributed by atoms with E-state index < -0.39 is 0 Å². The monoisotopic (exact) mass is 305 g/mol. The summed E-state index contributed by atoms with van der Waals surface area (Å²) < 4.78 is 7.02. The molecule has 1 aromatic carbocycles. The van der Waals surface area contributed by atoms with Crippen molar-refractivity contribution < 1.29 is 4.74 Å². The second-order valence-corrected chi connectivity index (χ2v) is 6.93. The number of fused-ring (bicyclic) bond motifs is 1. The summed E-state index contributed by atoms with van der Waals surface area (Å²) in [4.78, 5) is 7.16. The Hall–Kier alpha value is -1.33. The molecule has 0 bridgehead atoms. The van der Waals surface area contributed by atoms with Crippen LogP contribution in [0.3, 0.4) is 0 Å². The molecule has 4 nitrogen and oxygen atoms in total. The van der Waals surface area contributed by atoms with Gasteiger partial charge >= 0.3 is 0 Å². The van der Waals surface area contributed by atoms with Gasteiger partial charge in [0, 0.05) is 19.6 Å². The normalized spacial score (nSPS) is 16.4. The summed E-state index contributed by atoms with van der Waals surface area (Å²) in [6.07, 6.45) is 1.18. The molecule has 2 aromatic rings. The van der Waals surface area contributed by atoms with Crippen molar-refractivity contribution in [2.75, 3.05) is 37.7 Å². The zero-order valence-electron chi connectivity index (χ0n) is 12.8. The van der Waals surface area contributed by atoms with Crippen LogP contribution in [0.2, 0.25) is 0 Å². The minimum absolute atomic E-state index is 0.544. The predicted molar refractivity (Wildman–Crippen MR) is 89.7 cm³/mol. The van der Waals surface area contributed by atoms with E-state index >= 15 is 0 Å². The first-order valence-corrected chi connectivity index (χ1v) is 8.53. The molecule has 0 amide bonds. The van der Waals surface area contributed by atoms with Crippen molar-refractivity contribution in [2.45, 2.75) is 20.3 Å². The van der Waals surface area contributed by atoms with E-state index in [1.807, 2.05) is 6.07 Å². The third-order valence-electron chi connectivity index (χ3n) is 3.54. The number of anilines is 1. The first kappa shape index (κ1) is 14.6. The summed E-state index contributed by atoms with van der Waals surface area (Å²) >= 11 is 1.77. The van der Waals surface area contributed by atoms with Crippen molar-refractivity contribution in [2.24, 2.45) is 5.92 Å². The van der Waals surface area contributed by atoms with Crippen molar-refractivity contribution in [3.8, 4) is 5.75 Å². The van der Waals surface area contributed by atoms with Gasteiger partial charge in [-0.2, -0.15) is 0 Å². The van der Waals surface area contributed by atoms with Crippen LogP contribution in [0.4, 0.5) is 5.13 Å². The lowest BCUT2D eigenvalue weighted by atomic mass is 10.2. The second-order valence-electron chi connectivity index (χ2n) is 5.92. The van der Waals surface area contributed by atoms with Crippen LogP contribution in [0.1, 0.15) is 20.3 Å². The first-order valence-electron chi connectivity index (χ1n) is 7.71. The second kappa shape index (κ2) is 6.62. The number of hydrogen-bond acceptors (Lipinski definition) is 5. The lowest BCUT2D eigenvalue weighted by Gasteiger charge is -2.17. The number of nitrogens with zero attached hydrogens (tertiary/aromatic N) is 2. The van der Waals surface area contributed by atoms with E-state index in [-0.39, 0.29) is 0 Å². The Bertz CT molecular complexity index is 588. The van der Waals surface area contributed by atoms with Crippen LogP contribution in [0, 0.1) is 5.92 Å². The molecule has 114 valence electrons. The minimum Gasteiger partial charge on any atom is -0.493 e. The van der Waals surface area contributed by atoms with Gasteiger partial charge in [0.15, 0.2) is 5.13 Å². The van der Waals surface area contributed by atoms with Crippen LogP contribution in [-0.4, -0.2) is 37.8 Å². The Kier molecular flexibility index (Phi) is 4.60. The fourth-order valence-corrected chi connectivity index (χ4v) is 3.46. The summed E-state index contributed by atoms with van der Waals surface area (Å²) in [5, 5.41) is 4.57. The molecular weight excluding hydrogens is 282 g/mol. The van der Waals surface area contributed by atoms with Crippen LogP contribution in [0.15, 0.2) is 18.2 Å². The van der Waals surface area contributed by atoms with Crippen molar-refractivity contribution in [3.63, 3.8) is 0 Å². The average Bonchev–Trinajstić information content (AvgIpc) is 2.69. The highest BCUT2D eigenvalue weighted by atomic mass is 32.1. The molecule has 3 rings (SSSR count). The van der Waals surface area contributed by atoms with Gasteiger partial charge in [-0.15, -0.1) is 0 Å². The van der Waals surface area contributed by atoms with E-state index in [4.69, 9.17) is 9.72 Å². The number of aromatic nitrogens is 1. The highest BCUT2D eigenvalue weighted by Crippen LogP contribution is 2.31. The molecule has 0 aliphatic carbocycles. The van der Waals surface area contributed by atoms with E-state index in [9.17, 15) is 0 Å². The van der Waals surface area contributed by atoms with E-state index in [1.54, 1.807) is 11.3 Å². The van der Waals surface area contributed by atoms with Crippen LogP contribution >= 0.6 is 11.3 Å². The predicted octanol–water partition coefficient (Wildman–Crippen LogP) is 3.13. The Labute approximate surface area is 130 Å². The van der Waals surface area contributed by atoms with Gasteiger partial charge in [-0.25, -0.2) is 4.98 Å². The summed E-state index contributed by atoms with van der Waals surface area (Å²) in [6.45, 7) is 9.36. The maximum absolute atomic E-state index is 5.81. The highest BCUT2D eigenvalue weighted by Gasteiger charge is 2.14. The largest absolute Gasteiger partial charge is 0.493 e. The first-order chi connectivity index (χ1) is 10.2. The van der Waals surface area contributed by atoms with Gasteiger partial charge in [-0.1, -0.05) is 25.2 Å². The highest BCUT2D eigenvalue weighted by molar-refractivity contribution is 7.22. The van der Waals surface area contributed by atoms with Crippen LogP contribution < -0.4 is 15.0 Å². The summed E-state index contributed by atoms with van der Waals surface area (Å²) in [5.41, 5.74) is 1.07. The molecule has 1 aromatic heterocycles. The van der Waals surface area contributed by atoms with E-state index in [1.165, 1.54) is 11.1 Å².